The largest absolute Gasteiger partial charge is 0.465 e. The van der Waals surface area contributed by atoms with Crippen molar-refractivity contribution >= 4 is 6.09 Å². The number of nitrogens with zero attached hydrogens (tertiary/aromatic N) is 1. The van der Waals surface area contributed by atoms with Gasteiger partial charge in [-0.05, 0) is 39.0 Å². The Morgan fingerprint density at radius 1 is 1.40 bits per heavy atom. The van der Waals surface area contributed by atoms with E-state index < -0.39 is 47.6 Å². The van der Waals surface area contributed by atoms with Gasteiger partial charge in [-0.1, -0.05) is 0 Å². The minimum Gasteiger partial charge on any atom is -0.465 e. The van der Waals surface area contributed by atoms with Gasteiger partial charge in [-0.3, -0.25) is 4.90 Å². The van der Waals surface area contributed by atoms with Crippen molar-refractivity contribution < 1.29 is 33.6 Å². The molecule has 3 atom stereocenters. The summed E-state index contributed by atoms with van der Waals surface area (Å²) in [5.74, 6) is -1.41. The minimum atomic E-state index is -1.66. The van der Waals surface area contributed by atoms with Crippen LogP contribution in [0.2, 0.25) is 0 Å². The van der Waals surface area contributed by atoms with Crippen LogP contribution in [0.15, 0.2) is 18.2 Å². The van der Waals surface area contributed by atoms with E-state index in [1.165, 1.54) is 0 Å². The summed E-state index contributed by atoms with van der Waals surface area (Å²) < 4.78 is 33.4. The first-order chi connectivity index (χ1) is 11.5. The lowest BCUT2D eigenvalue weighted by molar-refractivity contribution is -0.175. The number of aliphatic hydroxyl groups excluding tert-OH is 1. The zero-order chi connectivity index (χ0) is 19.0. The smallest absolute Gasteiger partial charge is 0.408 e. The number of aliphatic hydroxyl groups is 2. The molecule has 1 unspecified atom stereocenters. The van der Waals surface area contributed by atoms with Crippen LogP contribution in [0.4, 0.5) is 13.6 Å². The molecule has 8 heteroatoms. The molecule has 0 aliphatic carbocycles. The average Bonchev–Trinajstić information content (AvgIpc) is 2.48. The molecule has 25 heavy (non-hydrogen) atoms. The van der Waals surface area contributed by atoms with Crippen LogP contribution in [0.5, 0.6) is 0 Å². The van der Waals surface area contributed by atoms with Gasteiger partial charge in [0.1, 0.15) is 23.3 Å². The average molecular weight is 359 g/mol. The van der Waals surface area contributed by atoms with Gasteiger partial charge in [-0.15, -0.1) is 0 Å². The Morgan fingerprint density at radius 2 is 2.04 bits per heavy atom. The van der Waals surface area contributed by atoms with Crippen LogP contribution in [-0.4, -0.2) is 56.7 Å². The van der Waals surface area contributed by atoms with Gasteiger partial charge in [0.05, 0.1) is 19.3 Å². The number of hydrogen-bond donors (Lipinski definition) is 3. The lowest BCUT2D eigenvalue weighted by atomic mass is 9.84. The molecule has 1 fully saturated rings. The molecule has 3 N–H and O–H groups in total. The fourth-order valence-electron chi connectivity index (χ4n) is 3.20. The predicted octanol–water partition coefficient (Wildman–Crippen LogP) is 2.30. The van der Waals surface area contributed by atoms with E-state index in [0.29, 0.717) is 0 Å². The van der Waals surface area contributed by atoms with Gasteiger partial charge in [-0.2, -0.15) is 0 Å². The van der Waals surface area contributed by atoms with E-state index in [0.717, 1.165) is 23.1 Å². The lowest BCUT2D eigenvalue weighted by Crippen LogP contribution is -2.60. The quantitative estimate of drug-likeness (QED) is 0.770. The minimum absolute atomic E-state index is 0.125. The van der Waals surface area contributed by atoms with Crippen molar-refractivity contribution in [3.05, 3.63) is 35.4 Å². The molecular weight excluding hydrogens is 336 g/mol. The Labute approximate surface area is 144 Å². The summed E-state index contributed by atoms with van der Waals surface area (Å²) in [5, 5.41) is 29.4. The SMILES string of the molecule is CC(C)(C)N(C(=O)O)[C@H]1CC(O)(CO)CO[C@@H]1c1cc(F)ccc1F. The van der Waals surface area contributed by atoms with Crippen molar-refractivity contribution in [1.29, 1.82) is 0 Å². The molecule has 0 radical (unpaired) electrons. The van der Waals surface area contributed by atoms with Crippen LogP contribution in [0.3, 0.4) is 0 Å². The van der Waals surface area contributed by atoms with Crippen LogP contribution >= 0.6 is 0 Å². The highest BCUT2D eigenvalue weighted by Gasteiger charge is 2.48. The van der Waals surface area contributed by atoms with Gasteiger partial charge in [0.15, 0.2) is 0 Å². The zero-order valence-electron chi connectivity index (χ0n) is 14.4. The molecule has 2 rings (SSSR count). The van der Waals surface area contributed by atoms with Crippen LogP contribution in [0.1, 0.15) is 38.9 Å². The Hall–Kier alpha value is -1.77. The van der Waals surface area contributed by atoms with Crippen LogP contribution in [0.25, 0.3) is 0 Å². The fraction of sp³-hybridized carbons (Fsp3) is 0.588. The molecule has 1 aromatic carbocycles. The molecule has 0 aromatic heterocycles. The van der Waals surface area contributed by atoms with E-state index in [1.54, 1.807) is 20.8 Å². The molecule has 6 nitrogen and oxygen atoms in total. The van der Waals surface area contributed by atoms with Crippen molar-refractivity contribution in [2.45, 2.75) is 50.5 Å². The van der Waals surface area contributed by atoms with Gasteiger partial charge >= 0.3 is 6.09 Å². The van der Waals surface area contributed by atoms with E-state index in [9.17, 15) is 28.9 Å². The van der Waals surface area contributed by atoms with E-state index in [4.69, 9.17) is 4.74 Å². The Kier molecular flexibility index (Phi) is 5.36. The number of ether oxygens (including phenoxy) is 1. The summed E-state index contributed by atoms with van der Waals surface area (Å²) >= 11 is 0. The number of rotatable bonds is 3. The number of hydrogen-bond acceptors (Lipinski definition) is 4. The highest BCUT2D eigenvalue weighted by molar-refractivity contribution is 5.66. The van der Waals surface area contributed by atoms with Gasteiger partial charge in [0.2, 0.25) is 0 Å². The van der Waals surface area contributed by atoms with Gasteiger partial charge in [0.25, 0.3) is 0 Å². The first kappa shape index (κ1) is 19.6. The number of benzene rings is 1. The van der Waals surface area contributed by atoms with E-state index >= 15 is 0 Å². The first-order valence-electron chi connectivity index (χ1n) is 7.90. The normalized spacial score (nSPS) is 27.2. The summed E-state index contributed by atoms with van der Waals surface area (Å²) in [6.07, 6.45) is -2.57. The maximum atomic E-state index is 14.2. The Bertz CT molecular complexity index is 648. The molecule has 0 bridgehead atoms. The van der Waals surface area contributed by atoms with Crippen LogP contribution in [-0.2, 0) is 4.74 Å². The maximum Gasteiger partial charge on any atom is 0.408 e. The predicted molar refractivity (Wildman–Crippen MR) is 85.1 cm³/mol. The van der Waals surface area contributed by atoms with Crippen molar-refractivity contribution in [3.63, 3.8) is 0 Å². The highest BCUT2D eigenvalue weighted by atomic mass is 19.1. The lowest BCUT2D eigenvalue weighted by Gasteiger charge is -2.48. The van der Waals surface area contributed by atoms with Crippen molar-refractivity contribution in [1.82, 2.24) is 4.90 Å². The van der Waals surface area contributed by atoms with Crippen molar-refractivity contribution in [3.8, 4) is 0 Å². The summed E-state index contributed by atoms with van der Waals surface area (Å²) in [7, 11) is 0. The molecule has 1 amide bonds. The first-order valence-corrected chi connectivity index (χ1v) is 7.90. The number of carboxylic acid groups (broad SMARTS) is 1. The third kappa shape index (κ3) is 4.08. The highest BCUT2D eigenvalue weighted by Crippen LogP contribution is 2.39. The molecule has 1 aliphatic heterocycles. The van der Waals surface area contributed by atoms with E-state index in [2.05, 4.69) is 0 Å². The molecule has 1 saturated heterocycles. The number of amides is 1. The standard InChI is InChI=1S/C17H23F2NO5/c1-16(2,3)20(15(22)23)13-7-17(24,8-21)9-25-14(13)11-6-10(18)4-5-12(11)19/h4-6,13-14,21,24H,7-9H2,1-3H3,(H,22,23)/t13-,14+,17?/m0/s1. The monoisotopic (exact) mass is 359 g/mol. The van der Waals surface area contributed by atoms with Crippen molar-refractivity contribution in [2.24, 2.45) is 0 Å². The topological polar surface area (TPSA) is 90.2 Å². The summed E-state index contributed by atoms with van der Waals surface area (Å²) in [6, 6.07) is 1.85. The molecular formula is C17H23F2NO5. The van der Waals surface area contributed by atoms with Crippen molar-refractivity contribution in [2.75, 3.05) is 13.2 Å². The summed E-state index contributed by atoms with van der Waals surface area (Å²) in [6.45, 7) is 3.98. The Morgan fingerprint density at radius 3 is 2.56 bits per heavy atom. The second kappa shape index (κ2) is 6.86. The summed E-state index contributed by atoms with van der Waals surface area (Å²) in [5.41, 5.74) is -2.68. The molecule has 1 heterocycles. The Balaban J connectivity index is 2.53. The molecule has 0 spiro atoms. The van der Waals surface area contributed by atoms with Crippen LogP contribution < -0.4 is 0 Å². The fourth-order valence-corrected chi connectivity index (χ4v) is 3.20. The number of halogens is 2. The van der Waals surface area contributed by atoms with Gasteiger partial charge in [-0.25, -0.2) is 13.6 Å². The van der Waals surface area contributed by atoms with Gasteiger partial charge < -0.3 is 20.1 Å². The summed E-state index contributed by atoms with van der Waals surface area (Å²) in [4.78, 5) is 12.9. The molecule has 140 valence electrons. The molecule has 0 saturated carbocycles. The third-order valence-corrected chi connectivity index (χ3v) is 4.29. The van der Waals surface area contributed by atoms with Crippen LogP contribution in [0, 0.1) is 11.6 Å². The van der Waals surface area contributed by atoms with Gasteiger partial charge in [0, 0.05) is 17.5 Å². The maximum absolute atomic E-state index is 14.2. The molecule has 1 aromatic rings. The van der Waals surface area contributed by atoms with E-state index in [1.807, 2.05) is 0 Å². The second-order valence-corrected chi connectivity index (χ2v) is 7.37. The second-order valence-electron chi connectivity index (χ2n) is 7.37. The molecule has 1 aliphatic rings. The number of carbonyl (C=O) groups is 1. The van der Waals surface area contributed by atoms with E-state index in [-0.39, 0.29) is 18.6 Å². The third-order valence-electron chi connectivity index (χ3n) is 4.29. The zero-order valence-corrected chi connectivity index (χ0v) is 14.4.